The third-order valence-electron chi connectivity index (χ3n) is 7.15. The summed E-state index contributed by atoms with van der Waals surface area (Å²) in [6.45, 7) is 2.15. The van der Waals surface area contributed by atoms with Gasteiger partial charge in [0.15, 0.2) is 0 Å². The van der Waals surface area contributed by atoms with Gasteiger partial charge in [-0.1, -0.05) is 0 Å². The number of benzene rings is 1. The lowest BCUT2D eigenvalue weighted by molar-refractivity contribution is -0.125. The van der Waals surface area contributed by atoms with Crippen molar-refractivity contribution in [3.63, 3.8) is 0 Å². The van der Waals surface area contributed by atoms with Crippen LogP contribution in [0.3, 0.4) is 0 Å². The molecule has 0 saturated heterocycles. The minimum absolute atomic E-state index is 0.00348. The van der Waals surface area contributed by atoms with Crippen molar-refractivity contribution in [2.24, 2.45) is 23.2 Å². The molecule has 1 unspecified atom stereocenters. The smallest absolute Gasteiger partial charge is 0.240 e. The van der Waals surface area contributed by atoms with E-state index in [9.17, 15) is 17.6 Å². The molecular formula is C21H29FN2O3S. The van der Waals surface area contributed by atoms with Crippen molar-refractivity contribution in [2.45, 2.75) is 62.8 Å². The van der Waals surface area contributed by atoms with Gasteiger partial charge in [0.2, 0.25) is 15.9 Å². The number of rotatable bonds is 7. The number of amides is 1. The molecule has 5 rings (SSSR count). The topological polar surface area (TPSA) is 75.3 Å². The summed E-state index contributed by atoms with van der Waals surface area (Å²) in [6, 6.07) is 4.77. The second kappa shape index (κ2) is 7.41. The van der Waals surface area contributed by atoms with Crippen LogP contribution in [0.25, 0.3) is 0 Å². The van der Waals surface area contributed by atoms with Crippen molar-refractivity contribution in [3.05, 3.63) is 30.1 Å². The molecule has 0 spiro atoms. The van der Waals surface area contributed by atoms with E-state index in [0.717, 1.165) is 29.9 Å². The maximum absolute atomic E-state index is 13.0. The monoisotopic (exact) mass is 408 g/mol. The van der Waals surface area contributed by atoms with Gasteiger partial charge in [0, 0.05) is 19.0 Å². The van der Waals surface area contributed by atoms with Crippen molar-refractivity contribution in [1.29, 1.82) is 0 Å². The van der Waals surface area contributed by atoms with Gasteiger partial charge in [0.1, 0.15) is 5.82 Å². The van der Waals surface area contributed by atoms with E-state index in [4.69, 9.17) is 0 Å². The molecule has 5 nitrogen and oxygen atoms in total. The minimum atomic E-state index is -3.73. The Labute approximate surface area is 166 Å². The average molecular weight is 409 g/mol. The fourth-order valence-electron chi connectivity index (χ4n) is 6.17. The van der Waals surface area contributed by atoms with Gasteiger partial charge in [0.25, 0.3) is 0 Å². The van der Waals surface area contributed by atoms with E-state index in [2.05, 4.69) is 17.0 Å². The molecule has 154 valence electrons. The lowest BCUT2D eigenvalue weighted by Gasteiger charge is -2.59. The third-order valence-corrected chi connectivity index (χ3v) is 8.63. The Bertz CT molecular complexity index is 802. The highest BCUT2D eigenvalue weighted by atomic mass is 32.2. The molecule has 4 bridgehead atoms. The molecule has 4 fully saturated rings. The molecule has 28 heavy (non-hydrogen) atoms. The van der Waals surface area contributed by atoms with Gasteiger partial charge in [-0.05, 0) is 92.9 Å². The number of sulfonamides is 1. The Morgan fingerprint density at radius 1 is 1.11 bits per heavy atom. The molecule has 2 N–H and O–H groups in total. The van der Waals surface area contributed by atoms with Crippen LogP contribution in [0.5, 0.6) is 0 Å². The highest BCUT2D eigenvalue weighted by molar-refractivity contribution is 7.89. The molecule has 0 aliphatic heterocycles. The largest absolute Gasteiger partial charge is 0.353 e. The summed E-state index contributed by atoms with van der Waals surface area (Å²) in [5, 5.41) is 3.15. The Kier molecular flexibility index (Phi) is 5.25. The van der Waals surface area contributed by atoms with Crippen LogP contribution in [0, 0.1) is 29.0 Å². The molecular weight excluding hydrogens is 379 g/mol. The van der Waals surface area contributed by atoms with Crippen molar-refractivity contribution in [2.75, 3.05) is 6.54 Å². The molecule has 0 radical (unpaired) electrons. The van der Waals surface area contributed by atoms with Crippen LogP contribution in [-0.4, -0.2) is 26.9 Å². The van der Waals surface area contributed by atoms with E-state index in [0.29, 0.717) is 0 Å². The number of nitrogens with one attached hydrogen (secondary N) is 2. The zero-order valence-electron chi connectivity index (χ0n) is 16.3. The molecule has 4 saturated carbocycles. The Balaban J connectivity index is 1.28. The lowest BCUT2D eigenvalue weighted by atomic mass is 9.48. The van der Waals surface area contributed by atoms with E-state index >= 15 is 0 Å². The van der Waals surface area contributed by atoms with Crippen LogP contribution in [-0.2, 0) is 14.8 Å². The molecule has 1 aromatic carbocycles. The predicted octanol–water partition coefficient (Wildman–Crippen LogP) is 3.22. The molecule has 1 atom stereocenters. The van der Waals surface area contributed by atoms with Crippen LogP contribution < -0.4 is 10.0 Å². The summed E-state index contributed by atoms with van der Waals surface area (Å²) in [5.74, 6) is 1.87. The Morgan fingerprint density at radius 2 is 1.64 bits per heavy atom. The van der Waals surface area contributed by atoms with Crippen LogP contribution in [0.1, 0.15) is 51.9 Å². The SMILES string of the molecule is CC(NC(=O)CCNS(=O)(=O)c1ccc(F)cc1)C12CC3CC(CC(C3)C1)C2. The molecule has 1 amide bonds. The van der Waals surface area contributed by atoms with Crippen LogP contribution in [0.2, 0.25) is 0 Å². The van der Waals surface area contributed by atoms with E-state index in [-0.39, 0.29) is 35.2 Å². The first-order valence-corrected chi connectivity index (χ1v) is 11.8. The number of hydrogen-bond donors (Lipinski definition) is 2. The number of halogens is 1. The number of hydrogen-bond acceptors (Lipinski definition) is 3. The Morgan fingerprint density at radius 3 is 2.18 bits per heavy atom. The molecule has 0 heterocycles. The first-order chi connectivity index (χ1) is 13.3. The fraction of sp³-hybridized carbons (Fsp3) is 0.667. The maximum atomic E-state index is 13.0. The summed E-state index contributed by atoms with van der Waals surface area (Å²) in [4.78, 5) is 12.4. The molecule has 4 aliphatic carbocycles. The zero-order chi connectivity index (χ0) is 19.9. The highest BCUT2D eigenvalue weighted by Gasteiger charge is 2.53. The summed E-state index contributed by atoms with van der Waals surface area (Å²) in [7, 11) is -3.73. The second-order valence-electron chi connectivity index (χ2n) is 9.17. The van der Waals surface area contributed by atoms with Gasteiger partial charge in [-0.3, -0.25) is 4.79 Å². The maximum Gasteiger partial charge on any atom is 0.240 e. The van der Waals surface area contributed by atoms with E-state index in [1.54, 1.807) is 0 Å². The van der Waals surface area contributed by atoms with E-state index < -0.39 is 15.8 Å². The van der Waals surface area contributed by atoms with Crippen LogP contribution in [0.15, 0.2) is 29.2 Å². The van der Waals surface area contributed by atoms with Crippen LogP contribution >= 0.6 is 0 Å². The Hall–Kier alpha value is -1.47. The molecule has 1 aromatic rings. The number of carbonyl (C=O) groups is 1. The van der Waals surface area contributed by atoms with Crippen molar-refractivity contribution in [3.8, 4) is 0 Å². The quantitative estimate of drug-likeness (QED) is 0.727. The van der Waals surface area contributed by atoms with Crippen LogP contribution in [0.4, 0.5) is 4.39 Å². The summed E-state index contributed by atoms with van der Waals surface area (Å²) >= 11 is 0. The molecule has 7 heteroatoms. The number of carbonyl (C=O) groups excluding carboxylic acids is 1. The van der Waals surface area contributed by atoms with Gasteiger partial charge in [-0.15, -0.1) is 0 Å². The van der Waals surface area contributed by atoms with Crippen molar-refractivity contribution >= 4 is 15.9 Å². The molecule has 0 aromatic heterocycles. The van der Waals surface area contributed by atoms with Crippen molar-refractivity contribution < 1.29 is 17.6 Å². The van der Waals surface area contributed by atoms with Gasteiger partial charge in [-0.2, -0.15) is 0 Å². The van der Waals surface area contributed by atoms with E-state index in [1.807, 2.05) is 0 Å². The molecule has 4 aliphatic rings. The lowest BCUT2D eigenvalue weighted by Crippen LogP contribution is -2.56. The minimum Gasteiger partial charge on any atom is -0.353 e. The zero-order valence-corrected chi connectivity index (χ0v) is 17.1. The van der Waals surface area contributed by atoms with Gasteiger partial charge >= 0.3 is 0 Å². The van der Waals surface area contributed by atoms with Crippen molar-refractivity contribution in [1.82, 2.24) is 10.0 Å². The van der Waals surface area contributed by atoms with E-state index in [1.165, 1.54) is 50.7 Å². The summed E-state index contributed by atoms with van der Waals surface area (Å²) in [5.41, 5.74) is 0.234. The summed E-state index contributed by atoms with van der Waals surface area (Å²) in [6.07, 6.45) is 7.85. The highest BCUT2D eigenvalue weighted by Crippen LogP contribution is 2.61. The first-order valence-electron chi connectivity index (χ1n) is 10.3. The third kappa shape index (κ3) is 3.96. The predicted molar refractivity (Wildman–Crippen MR) is 104 cm³/mol. The second-order valence-corrected chi connectivity index (χ2v) is 10.9. The average Bonchev–Trinajstić information content (AvgIpc) is 2.60. The van der Waals surface area contributed by atoms with Gasteiger partial charge in [0.05, 0.1) is 4.90 Å². The van der Waals surface area contributed by atoms with Gasteiger partial charge in [-0.25, -0.2) is 17.5 Å². The first kappa shape index (κ1) is 19.8. The van der Waals surface area contributed by atoms with Gasteiger partial charge < -0.3 is 5.32 Å². The standard InChI is InChI=1S/C21H29FN2O3S/c1-14(21-11-15-8-16(12-21)10-17(9-15)13-21)24-20(25)6-7-23-28(26,27)19-4-2-18(22)3-5-19/h2-5,14-17,23H,6-13H2,1H3,(H,24,25). The fourth-order valence-corrected chi connectivity index (χ4v) is 7.20. The summed E-state index contributed by atoms with van der Waals surface area (Å²) < 4.78 is 39.8. The normalized spacial score (nSPS) is 32.3.